The first-order chi connectivity index (χ1) is 38.1. The first-order valence-corrected chi connectivity index (χ1v) is 27.9. The molecule has 0 spiro atoms. The maximum Gasteiger partial charge on any atom is 0.407 e. The Morgan fingerprint density at radius 3 is 1.63 bits per heavy atom. The number of hydrogen-bond donors (Lipinski definition) is 4. The number of nitrogens with one attached hydrogen (secondary N) is 3. The van der Waals surface area contributed by atoms with Crippen LogP contribution in [-0.4, -0.2) is 116 Å². The van der Waals surface area contributed by atoms with E-state index in [1.165, 1.54) is 31.9 Å². The number of H-pyrrole nitrogens is 2. The quantitative estimate of drug-likeness (QED) is 0.0772. The monoisotopic (exact) mass is 1080 g/mol. The Kier molecular flexibility index (Phi) is 16.1. The lowest BCUT2D eigenvalue weighted by atomic mass is 9.89. The number of alkyl carbamates (subject to hydrolysis) is 1. The maximum atomic E-state index is 16.7. The molecule has 4 N–H and O–H groups in total. The SMILES string of the molecule is COC(=O)N[C@H](C(=O)N1CCC[C@H]1c1ncc(-c2ccc([C@H]3CC[C@H](c4ccc(-c5cnc([C@@H]6CCCN6C(=O)[C@H](C(C)C)N(C)C(=O)O)[nH]5)cc4)N3c3cc(F)c(N4CCC(c5ccccc5)CC4)c(F)c3)cc2)[nH]1)C(C)C. The number of rotatable bonds is 15. The largest absolute Gasteiger partial charge is 0.465 e. The zero-order valence-corrected chi connectivity index (χ0v) is 45.9. The highest BCUT2D eigenvalue weighted by Gasteiger charge is 2.42. The summed E-state index contributed by atoms with van der Waals surface area (Å²) in [5, 5.41) is 12.5. The normalized spacial score (nSPS) is 20.5. The number of piperidine rings is 1. The first-order valence-electron chi connectivity index (χ1n) is 27.9. The molecule has 10 rings (SSSR count). The fraction of sp³-hybridized carbons (Fsp3) is 0.443. The summed E-state index contributed by atoms with van der Waals surface area (Å²) in [6.07, 6.45) is 7.73. The third-order valence-corrected chi connectivity index (χ3v) is 16.9. The number of halogens is 2. The van der Waals surface area contributed by atoms with Gasteiger partial charge in [-0.1, -0.05) is 107 Å². The smallest absolute Gasteiger partial charge is 0.407 e. The van der Waals surface area contributed by atoms with Crippen molar-refractivity contribution in [1.29, 1.82) is 0 Å². The van der Waals surface area contributed by atoms with Crippen molar-refractivity contribution in [3.05, 3.63) is 143 Å². The van der Waals surface area contributed by atoms with Crippen molar-refractivity contribution in [3.8, 4) is 22.5 Å². The van der Waals surface area contributed by atoms with Gasteiger partial charge in [0.1, 0.15) is 29.4 Å². The zero-order valence-electron chi connectivity index (χ0n) is 45.9. The zero-order chi connectivity index (χ0) is 55.6. The molecule has 4 fully saturated rings. The molecule has 4 aliphatic rings. The minimum absolute atomic E-state index is 0.00855. The molecule has 0 aliphatic carbocycles. The van der Waals surface area contributed by atoms with Crippen molar-refractivity contribution in [2.24, 2.45) is 11.8 Å². The van der Waals surface area contributed by atoms with Crippen molar-refractivity contribution >= 4 is 35.4 Å². The summed E-state index contributed by atoms with van der Waals surface area (Å²) in [5.41, 5.74) is 7.00. The number of carbonyl (C=O) groups is 4. The van der Waals surface area contributed by atoms with Crippen LogP contribution in [-0.2, 0) is 14.3 Å². The highest BCUT2D eigenvalue weighted by Crippen LogP contribution is 2.49. The molecule has 4 amide bonds. The predicted octanol–water partition coefficient (Wildman–Crippen LogP) is 11.6. The van der Waals surface area contributed by atoms with Crippen molar-refractivity contribution in [1.82, 2.24) is 40.0 Å². The van der Waals surface area contributed by atoms with Crippen LogP contribution in [0.5, 0.6) is 0 Å². The Hall–Kier alpha value is -7.76. The topological polar surface area (TPSA) is 183 Å². The third kappa shape index (κ3) is 11.2. The second-order valence-corrected chi connectivity index (χ2v) is 22.4. The van der Waals surface area contributed by atoms with Gasteiger partial charge in [-0.3, -0.25) is 14.5 Å². The van der Waals surface area contributed by atoms with Gasteiger partial charge >= 0.3 is 12.2 Å². The van der Waals surface area contributed by atoms with Crippen LogP contribution in [0.4, 0.5) is 29.7 Å². The lowest BCUT2D eigenvalue weighted by molar-refractivity contribution is -0.138. The number of carboxylic acid groups (broad SMARTS) is 1. The van der Waals surface area contributed by atoms with Gasteiger partial charge in [-0.15, -0.1) is 0 Å². The molecule has 6 atom stereocenters. The van der Waals surface area contributed by atoms with Crippen LogP contribution in [0, 0.1) is 23.5 Å². The van der Waals surface area contributed by atoms with E-state index >= 15 is 8.78 Å². The number of methoxy groups -OCH3 is 1. The van der Waals surface area contributed by atoms with Crippen LogP contribution in [0.15, 0.2) is 103 Å². The summed E-state index contributed by atoms with van der Waals surface area (Å²) in [6.45, 7) is 9.60. The van der Waals surface area contributed by atoms with E-state index < -0.39 is 35.9 Å². The van der Waals surface area contributed by atoms with Gasteiger partial charge in [0.15, 0.2) is 11.6 Å². The molecule has 18 heteroatoms. The number of ether oxygens (including phenoxy) is 1. The van der Waals surface area contributed by atoms with Gasteiger partial charge in [-0.2, -0.15) is 0 Å². The Balaban J connectivity index is 0.905. The standard InChI is InChI=1S/C61H72F2N10O6/c1-36(2)53(68-60(76)79-6)58(74)71-28-10-14-51(71)56-64-34-47(66-56)40-16-20-42(21-17-40)49-24-25-50(73(49)44-32-45(62)55(46(63)33-44)70-30-26-39(27-31-70)38-12-8-7-9-13-38)43-22-18-41(19-23-43)48-35-65-57(67-48)52-15-11-29-72(52)59(75)54(37(3)4)69(5)61(77)78/h7-9,12-13,16-23,32-37,39,49-54H,10-11,14-15,24-31H2,1-6H3,(H,64,66)(H,65,67)(H,68,76)(H,77,78)/t49-,50-,51+,52+,53+,54+/m1/s1. The fourth-order valence-electron chi connectivity index (χ4n) is 12.8. The number of carbonyl (C=O) groups excluding carboxylic acids is 3. The molecule has 6 aromatic rings. The number of benzene rings is 4. The third-order valence-electron chi connectivity index (χ3n) is 16.9. The molecule has 416 valence electrons. The minimum Gasteiger partial charge on any atom is -0.465 e. The summed E-state index contributed by atoms with van der Waals surface area (Å²) < 4.78 is 38.3. The van der Waals surface area contributed by atoms with Crippen LogP contribution >= 0.6 is 0 Å². The molecular formula is C61H72F2N10O6. The van der Waals surface area contributed by atoms with Crippen molar-refractivity contribution in [2.75, 3.05) is 50.1 Å². The highest BCUT2D eigenvalue weighted by molar-refractivity contribution is 5.87. The van der Waals surface area contributed by atoms with E-state index in [2.05, 4.69) is 56.6 Å². The van der Waals surface area contributed by atoms with E-state index in [1.54, 1.807) is 22.2 Å². The van der Waals surface area contributed by atoms with Gasteiger partial charge in [-0.25, -0.2) is 28.3 Å². The number of nitrogens with zero attached hydrogens (tertiary/aromatic N) is 7. The van der Waals surface area contributed by atoms with Crippen molar-refractivity contribution in [3.63, 3.8) is 0 Å². The van der Waals surface area contributed by atoms with Crippen LogP contribution < -0.4 is 15.1 Å². The van der Waals surface area contributed by atoms with Crippen LogP contribution in [0.3, 0.4) is 0 Å². The van der Waals surface area contributed by atoms with Gasteiger partial charge < -0.3 is 44.7 Å². The molecule has 6 heterocycles. The van der Waals surface area contributed by atoms with E-state index in [0.717, 1.165) is 70.6 Å². The van der Waals surface area contributed by atoms with Crippen LogP contribution in [0.25, 0.3) is 22.5 Å². The molecule has 2 aromatic heterocycles. The highest BCUT2D eigenvalue weighted by atomic mass is 19.1. The summed E-state index contributed by atoms with van der Waals surface area (Å²) >= 11 is 0. The van der Waals surface area contributed by atoms with E-state index in [1.807, 2.05) is 75.1 Å². The minimum atomic E-state index is -1.15. The number of imidazole rings is 2. The number of likely N-dealkylation sites (tertiary alicyclic amines) is 2. The van der Waals surface area contributed by atoms with Gasteiger partial charge in [0.2, 0.25) is 11.8 Å². The lowest BCUT2D eigenvalue weighted by Gasteiger charge is -2.36. The number of aromatic nitrogens is 4. The fourth-order valence-corrected chi connectivity index (χ4v) is 12.8. The Bertz CT molecular complexity index is 3100. The number of hydrogen-bond acceptors (Lipinski definition) is 9. The first kappa shape index (κ1) is 54.6. The van der Waals surface area contributed by atoms with Gasteiger partial charge in [0.05, 0.1) is 55.1 Å². The van der Waals surface area contributed by atoms with Gasteiger partial charge in [-0.05, 0) is 109 Å². The van der Waals surface area contributed by atoms with Crippen molar-refractivity contribution < 1.29 is 37.8 Å². The van der Waals surface area contributed by atoms with E-state index in [9.17, 15) is 24.3 Å². The molecule has 4 aromatic carbocycles. The van der Waals surface area contributed by atoms with Crippen molar-refractivity contribution in [2.45, 2.75) is 121 Å². The maximum absolute atomic E-state index is 16.7. The van der Waals surface area contributed by atoms with Gasteiger partial charge in [0.25, 0.3) is 0 Å². The summed E-state index contributed by atoms with van der Waals surface area (Å²) in [6, 6.07) is 27.0. The molecule has 4 saturated heterocycles. The molecule has 0 radical (unpaired) electrons. The van der Waals surface area contributed by atoms with Crippen LogP contribution in [0.1, 0.15) is 137 Å². The molecule has 0 bridgehead atoms. The molecular weight excluding hydrogens is 1010 g/mol. The molecule has 0 unspecified atom stereocenters. The van der Waals surface area contributed by atoms with E-state index in [-0.39, 0.29) is 53.5 Å². The Morgan fingerprint density at radius 1 is 0.658 bits per heavy atom. The Labute approximate surface area is 460 Å². The number of amides is 4. The number of anilines is 2. The predicted molar refractivity (Wildman–Crippen MR) is 298 cm³/mol. The second kappa shape index (κ2) is 23.3. The van der Waals surface area contributed by atoms with Crippen LogP contribution in [0.2, 0.25) is 0 Å². The molecule has 16 nitrogen and oxygen atoms in total. The van der Waals surface area contributed by atoms with Gasteiger partial charge in [0, 0.05) is 38.9 Å². The second-order valence-electron chi connectivity index (χ2n) is 22.4. The lowest BCUT2D eigenvalue weighted by Crippen LogP contribution is -2.51. The molecule has 0 saturated carbocycles. The molecule has 4 aliphatic heterocycles. The average Bonchev–Trinajstić information content (AvgIpc) is 4.44. The van der Waals surface area contributed by atoms with E-state index in [4.69, 9.17) is 14.7 Å². The Morgan fingerprint density at radius 2 is 1.16 bits per heavy atom. The summed E-state index contributed by atoms with van der Waals surface area (Å²) in [4.78, 5) is 76.9. The summed E-state index contributed by atoms with van der Waals surface area (Å²) in [5.74, 6) is -0.346. The van der Waals surface area contributed by atoms with E-state index in [0.29, 0.717) is 68.7 Å². The average molecular weight is 1080 g/mol. The molecule has 79 heavy (non-hydrogen) atoms. The number of aromatic amines is 2. The number of likely N-dealkylation sites (N-methyl/N-ethyl adjacent to an activating group) is 1. The summed E-state index contributed by atoms with van der Waals surface area (Å²) in [7, 11) is 2.71.